The molecule has 1 aromatic heterocycles. The van der Waals surface area contributed by atoms with E-state index in [9.17, 15) is 4.79 Å². The zero-order valence-electron chi connectivity index (χ0n) is 9.73. The third kappa shape index (κ3) is 2.80. The molecule has 0 spiro atoms. The lowest BCUT2D eigenvalue weighted by Crippen LogP contribution is -2.37. The number of carbonyl (C=O) groups excluding carboxylic acids is 1. The van der Waals surface area contributed by atoms with Gasteiger partial charge in [0, 0.05) is 12.6 Å². The van der Waals surface area contributed by atoms with Crippen LogP contribution in [-0.2, 0) is 0 Å². The lowest BCUT2D eigenvalue weighted by atomic mass is 10.2. The molecule has 1 rings (SSSR count). The second kappa shape index (κ2) is 5.61. The first kappa shape index (κ1) is 12.7. The highest BCUT2D eigenvalue weighted by molar-refractivity contribution is 7.11. The summed E-state index contributed by atoms with van der Waals surface area (Å²) in [4.78, 5) is 18.6. The Morgan fingerprint density at radius 3 is 2.81 bits per heavy atom. The van der Waals surface area contributed by atoms with Crippen LogP contribution in [0.15, 0.2) is 5.51 Å². The van der Waals surface area contributed by atoms with E-state index in [1.807, 2.05) is 20.8 Å². The number of aromatic nitrogens is 1. The number of thiazole rings is 1. The van der Waals surface area contributed by atoms with E-state index >= 15 is 0 Å². The van der Waals surface area contributed by atoms with Gasteiger partial charge in [-0.25, -0.2) is 4.98 Å². The van der Waals surface area contributed by atoms with Gasteiger partial charge in [-0.05, 0) is 20.8 Å². The van der Waals surface area contributed by atoms with E-state index in [-0.39, 0.29) is 11.9 Å². The monoisotopic (exact) mass is 237 g/mol. The Balaban J connectivity index is 2.84. The zero-order valence-corrected chi connectivity index (χ0v) is 10.5. The van der Waals surface area contributed by atoms with Gasteiger partial charge >= 0.3 is 0 Å². The molecular weight excluding hydrogens is 222 g/mol. The van der Waals surface area contributed by atoms with Crippen molar-refractivity contribution in [2.75, 3.05) is 6.54 Å². The van der Waals surface area contributed by atoms with E-state index in [0.717, 1.165) is 5.69 Å². The van der Waals surface area contributed by atoms with Crippen molar-refractivity contribution < 1.29 is 4.79 Å². The number of amides is 1. The van der Waals surface area contributed by atoms with Crippen LogP contribution >= 0.6 is 11.3 Å². The van der Waals surface area contributed by atoms with Crippen molar-refractivity contribution in [2.24, 2.45) is 0 Å². The van der Waals surface area contributed by atoms with Crippen LogP contribution in [0.4, 0.5) is 0 Å². The summed E-state index contributed by atoms with van der Waals surface area (Å²) in [6.07, 6.45) is 0.363. The average molecular weight is 237 g/mol. The third-order valence-electron chi connectivity index (χ3n) is 2.29. The molecule has 1 heterocycles. The summed E-state index contributed by atoms with van der Waals surface area (Å²) in [6.45, 7) is 6.20. The highest BCUT2D eigenvalue weighted by Crippen LogP contribution is 2.16. The average Bonchev–Trinajstić information content (AvgIpc) is 2.64. The molecule has 0 atom stereocenters. The van der Waals surface area contributed by atoms with E-state index in [0.29, 0.717) is 17.8 Å². The molecule has 0 saturated heterocycles. The fraction of sp³-hybridized carbons (Fsp3) is 0.545. The van der Waals surface area contributed by atoms with Crippen molar-refractivity contribution >= 4 is 17.2 Å². The van der Waals surface area contributed by atoms with Crippen molar-refractivity contribution in [2.45, 2.75) is 33.2 Å². The van der Waals surface area contributed by atoms with E-state index in [4.69, 9.17) is 5.26 Å². The summed E-state index contributed by atoms with van der Waals surface area (Å²) in [5.74, 6) is -0.0229. The normalized spacial score (nSPS) is 10.2. The number of rotatable bonds is 4. The molecule has 0 aromatic carbocycles. The molecule has 0 saturated carbocycles. The van der Waals surface area contributed by atoms with Crippen LogP contribution in [0.25, 0.3) is 0 Å². The van der Waals surface area contributed by atoms with Gasteiger partial charge in [0.25, 0.3) is 5.91 Å². The van der Waals surface area contributed by atoms with Crippen LogP contribution in [0.3, 0.4) is 0 Å². The van der Waals surface area contributed by atoms with Gasteiger partial charge in [0.05, 0.1) is 23.7 Å². The van der Waals surface area contributed by atoms with Gasteiger partial charge in [0.2, 0.25) is 0 Å². The van der Waals surface area contributed by atoms with Gasteiger partial charge in [-0.15, -0.1) is 11.3 Å². The minimum absolute atomic E-state index is 0.0229. The molecule has 4 nitrogen and oxygen atoms in total. The molecule has 0 unspecified atom stereocenters. The van der Waals surface area contributed by atoms with Crippen molar-refractivity contribution in [1.29, 1.82) is 5.26 Å². The van der Waals surface area contributed by atoms with Crippen LogP contribution in [0, 0.1) is 18.3 Å². The predicted octanol–water partition coefficient (Wildman–Crippen LogP) is 2.22. The maximum atomic E-state index is 12.2. The van der Waals surface area contributed by atoms with E-state index < -0.39 is 0 Å². The molecule has 0 aliphatic heterocycles. The Morgan fingerprint density at radius 2 is 2.38 bits per heavy atom. The molecule has 1 amide bonds. The molecule has 0 aliphatic carbocycles. The highest BCUT2D eigenvalue weighted by Gasteiger charge is 2.21. The molecule has 0 fully saturated rings. The molecule has 0 N–H and O–H groups in total. The predicted molar refractivity (Wildman–Crippen MR) is 63.3 cm³/mol. The topological polar surface area (TPSA) is 57.0 Å². The third-order valence-corrected chi connectivity index (χ3v) is 3.21. The van der Waals surface area contributed by atoms with Gasteiger partial charge in [-0.3, -0.25) is 4.79 Å². The largest absolute Gasteiger partial charge is 0.334 e. The van der Waals surface area contributed by atoms with Crippen molar-refractivity contribution in [3.63, 3.8) is 0 Å². The smallest absolute Gasteiger partial charge is 0.266 e. The van der Waals surface area contributed by atoms with Crippen molar-refractivity contribution in [3.8, 4) is 6.07 Å². The summed E-state index contributed by atoms with van der Waals surface area (Å²) in [7, 11) is 0. The standard InChI is InChI=1S/C11H15N3OS/c1-8(2)14(6-4-5-12)11(15)10-9(3)13-7-16-10/h7-8H,4,6H2,1-3H3. The summed E-state index contributed by atoms with van der Waals surface area (Å²) < 4.78 is 0. The Labute approximate surface area is 99.5 Å². The summed E-state index contributed by atoms with van der Waals surface area (Å²) in [6, 6.07) is 2.16. The fourth-order valence-corrected chi connectivity index (χ4v) is 2.16. The van der Waals surface area contributed by atoms with E-state index in [1.165, 1.54) is 11.3 Å². The maximum Gasteiger partial charge on any atom is 0.266 e. The number of nitriles is 1. The van der Waals surface area contributed by atoms with Gasteiger partial charge in [-0.1, -0.05) is 0 Å². The van der Waals surface area contributed by atoms with Crippen LogP contribution in [-0.4, -0.2) is 28.4 Å². The van der Waals surface area contributed by atoms with Crippen LogP contribution in [0.1, 0.15) is 35.6 Å². The second-order valence-electron chi connectivity index (χ2n) is 3.77. The summed E-state index contributed by atoms with van der Waals surface area (Å²) in [5, 5.41) is 8.57. The first-order valence-corrected chi connectivity index (χ1v) is 6.04. The minimum Gasteiger partial charge on any atom is -0.334 e. The maximum absolute atomic E-state index is 12.2. The Bertz CT molecular complexity index is 406. The zero-order chi connectivity index (χ0) is 12.1. The van der Waals surface area contributed by atoms with Crippen molar-refractivity contribution in [3.05, 3.63) is 16.1 Å². The number of carbonyl (C=O) groups is 1. The van der Waals surface area contributed by atoms with Gasteiger partial charge in [0.1, 0.15) is 4.88 Å². The Morgan fingerprint density at radius 1 is 1.69 bits per heavy atom. The van der Waals surface area contributed by atoms with Crippen LogP contribution in [0.2, 0.25) is 0 Å². The van der Waals surface area contributed by atoms with Gasteiger partial charge < -0.3 is 4.90 Å². The first-order chi connectivity index (χ1) is 7.57. The lowest BCUT2D eigenvalue weighted by molar-refractivity contribution is 0.0714. The quantitative estimate of drug-likeness (QED) is 0.806. The molecule has 0 bridgehead atoms. The molecule has 0 radical (unpaired) electrons. The Hall–Kier alpha value is -1.41. The van der Waals surface area contributed by atoms with Crippen LogP contribution < -0.4 is 0 Å². The summed E-state index contributed by atoms with van der Waals surface area (Å²) >= 11 is 1.35. The summed E-state index contributed by atoms with van der Waals surface area (Å²) in [5.41, 5.74) is 2.43. The SMILES string of the molecule is Cc1ncsc1C(=O)N(CCC#N)C(C)C. The van der Waals surface area contributed by atoms with Crippen molar-refractivity contribution in [1.82, 2.24) is 9.88 Å². The Kier molecular flexibility index (Phi) is 4.44. The molecule has 5 heteroatoms. The first-order valence-electron chi connectivity index (χ1n) is 5.16. The highest BCUT2D eigenvalue weighted by atomic mass is 32.1. The number of hydrogen-bond donors (Lipinski definition) is 0. The second-order valence-corrected chi connectivity index (χ2v) is 4.62. The van der Waals surface area contributed by atoms with Crippen LogP contribution in [0.5, 0.6) is 0 Å². The fourth-order valence-electron chi connectivity index (χ4n) is 1.40. The van der Waals surface area contributed by atoms with Gasteiger partial charge in [-0.2, -0.15) is 5.26 Å². The molecule has 1 aromatic rings. The molecule has 86 valence electrons. The lowest BCUT2D eigenvalue weighted by Gasteiger charge is -2.25. The number of aryl methyl sites for hydroxylation is 1. The minimum atomic E-state index is -0.0229. The number of hydrogen-bond acceptors (Lipinski definition) is 4. The molecule has 0 aliphatic rings. The molecule has 16 heavy (non-hydrogen) atoms. The number of nitrogens with zero attached hydrogens (tertiary/aromatic N) is 3. The van der Waals surface area contributed by atoms with E-state index in [1.54, 1.807) is 10.4 Å². The van der Waals surface area contributed by atoms with Gasteiger partial charge in [0.15, 0.2) is 0 Å². The molecular formula is C11H15N3OS. The van der Waals surface area contributed by atoms with E-state index in [2.05, 4.69) is 11.1 Å².